The van der Waals surface area contributed by atoms with Gasteiger partial charge in [0.25, 0.3) is 0 Å². The first-order valence-corrected chi connectivity index (χ1v) is 8.27. The molecule has 4 rings (SSSR count). The molecular formula is C17H17ClN4O2. The molecule has 6 nitrogen and oxygen atoms in total. The predicted octanol–water partition coefficient (Wildman–Crippen LogP) is 2.69. The van der Waals surface area contributed by atoms with Crippen LogP contribution in [0.2, 0.25) is 5.02 Å². The molecule has 0 fully saturated rings. The number of anilines is 2. The number of amides is 2. The number of H-pyrrole nitrogens is 1. The smallest absolute Gasteiger partial charge is 0.242 e. The van der Waals surface area contributed by atoms with Crippen LogP contribution in [-0.4, -0.2) is 28.6 Å². The topological polar surface area (TPSA) is 78.1 Å². The maximum absolute atomic E-state index is 13.5. The number of fused-ring (bicyclic) bond motifs is 4. The molecule has 1 aromatic heterocycles. The van der Waals surface area contributed by atoms with Crippen LogP contribution in [-0.2, 0) is 15.0 Å². The molecule has 0 saturated carbocycles. The fourth-order valence-electron chi connectivity index (χ4n) is 3.74. The molecule has 1 atom stereocenters. The van der Waals surface area contributed by atoms with Crippen LogP contribution in [0.15, 0.2) is 24.4 Å². The Morgan fingerprint density at radius 2 is 2.12 bits per heavy atom. The number of carbonyl (C=O) groups excluding carboxylic acids is 2. The van der Waals surface area contributed by atoms with E-state index in [1.165, 1.54) is 0 Å². The van der Waals surface area contributed by atoms with E-state index in [1.807, 2.05) is 6.07 Å². The molecule has 2 amide bonds. The average Bonchev–Trinajstić information content (AvgIpc) is 3.06. The monoisotopic (exact) mass is 344 g/mol. The molecule has 7 heteroatoms. The number of carbonyl (C=O) groups is 2. The summed E-state index contributed by atoms with van der Waals surface area (Å²) in [5, 5.41) is 10.1. The molecule has 0 bridgehead atoms. The highest BCUT2D eigenvalue weighted by Crippen LogP contribution is 2.52. The van der Waals surface area contributed by atoms with Crippen molar-refractivity contribution in [3.05, 3.63) is 40.5 Å². The zero-order chi connectivity index (χ0) is 17.1. The molecule has 1 aromatic carbocycles. The summed E-state index contributed by atoms with van der Waals surface area (Å²) in [6.45, 7) is 4.71. The fourth-order valence-corrected chi connectivity index (χ4v) is 3.91. The zero-order valence-electron chi connectivity index (χ0n) is 13.4. The zero-order valence-corrected chi connectivity index (χ0v) is 14.1. The van der Waals surface area contributed by atoms with E-state index < -0.39 is 5.41 Å². The molecule has 2 aromatic rings. The van der Waals surface area contributed by atoms with E-state index in [9.17, 15) is 9.59 Å². The number of nitrogens with one attached hydrogen (secondary N) is 2. The highest BCUT2D eigenvalue weighted by Gasteiger charge is 2.56. The summed E-state index contributed by atoms with van der Waals surface area (Å²) >= 11 is 6.21. The Labute approximate surface area is 144 Å². The number of benzene rings is 1. The van der Waals surface area contributed by atoms with Crippen molar-refractivity contribution in [1.82, 2.24) is 10.2 Å². The predicted molar refractivity (Wildman–Crippen MR) is 91.3 cm³/mol. The molecule has 2 N–H and O–H groups in total. The third-order valence-corrected chi connectivity index (χ3v) is 4.89. The molecule has 1 unspecified atom stereocenters. The van der Waals surface area contributed by atoms with Crippen molar-refractivity contribution in [2.24, 2.45) is 5.92 Å². The molecule has 0 saturated heterocycles. The SMILES string of the molecule is CC(C)CN1C(=O)C2(CC(=O)Nc3[nH]ncc32)c2cc(Cl)ccc21. The van der Waals surface area contributed by atoms with E-state index in [2.05, 4.69) is 29.4 Å². The summed E-state index contributed by atoms with van der Waals surface area (Å²) in [4.78, 5) is 27.5. The number of rotatable bonds is 2. The lowest BCUT2D eigenvalue weighted by atomic mass is 9.72. The Bertz CT molecular complexity index is 860. The van der Waals surface area contributed by atoms with Gasteiger partial charge in [0, 0.05) is 29.2 Å². The van der Waals surface area contributed by atoms with Crippen LogP contribution in [0.5, 0.6) is 0 Å². The maximum atomic E-state index is 13.5. The Hall–Kier alpha value is -2.34. The Kier molecular flexibility index (Phi) is 3.22. The second-order valence-corrected chi connectivity index (χ2v) is 7.20. The molecule has 0 aliphatic carbocycles. The first-order chi connectivity index (χ1) is 11.4. The number of aromatic nitrogens is 2. The molecule has 3 heterocycles. The molecule has 124 valence electrons. The second kappa shape index (κ2) is 5.08. The molecule has 24 heavy (non-hydrogen) atoms. The fraction of sp³-hybridized carbons (Fsp3) is 0.353. The van der Waals surface area contributed by atoms with Gasteiger partial charge in [0.2, 0.25) is 11.8 Å². The van der Waals surface area contributed by atoms with E-state index in [0.29, 0.717) is 28.9 Å². The quantitative estimate of drug-likeness (QED) is 0.879. The standard InChI is InChI=1S/C17H17ClN4O2/c1-9(2)8-22-13-4-3-10(18)5-11(13)17(16(22)24)6-14(23)20-15-12(17)7-19-21-15/h3-5,7,9H,6,8H2,1-2H3,(H2,19,20,21,23). The van der Waals surface area contributed by atoms with Gasteiger partial charge >= 0.3 is 0 Å². The normalized spacial score (nSPS) is 22.1. The van der Waals surface area contributed by atoms with Crippen LogP contribution in [0.25, 0.3) is 0 Å². The van der Waals surface area contributed by atoms with E-state index in [4.69, 9.17) is 11.6 Å². The Morgan fingerprint density at radius 1 is 1.33 bits per heavy atom. The summed E-state index contributed by atoms with van der Waals surface area (Å²) < 4.78 is 0. The number of hydrogen-bond acceptors (Lipinski definition) is 3. The molecule has 2 aliphatic heterocycles. The maximum Gasteiger partial charge on any atom is 0.242 e. The van der Waals surface area contributed by atoms with Crippen LogP contribution in [0.3, 0.4) is 0 Å². The number of halogens is 1. The third kappa shape index (κ3) is 1.92. The third-order valence-electron chi connectivity index (χ3n) is 4.66. The van der Waals surface area contributed by atoms with Crippen LogP contribution in [0, 0.1) is 5.92 Å². The first-order valence-electron chi connectivity index (χ1n) is 7.89. The van der Waals surface area contributed by atoms with Crippen molar-refractivity contribution in [3.8, 4) is 0 Å². The lowest BCUT2D eigenvalue weighted by Gasteiger charge is -2.32. The lowest BCUT2D eigenvalue weighted by Crippen LogP contribution is -2.47. The summed E-state index contributed by atoms with van der Waals surface area (Å²) in [5.74, 6) is 0.481. The minimum Gasteiger partial charge on any atom is -0.311 e. The van der Waals surface area contributed by atoms with Crippen molar-refractivity contribution in [2.45, 2.75) is 25.7 Å². The lowest BCUT2D eigenvalue weighted by molar-refractivity contribution is -0.126. The van der Waals surface area contributed by atoms with Gasteiger partial charge in [0.15, 0.2) is 0 Å². The second-order valence-electron chi connectivity index (χ2n) is 6.76. The van der Waals surface area contributed by atoms with Crippen molar-refractivity contribution in [1.29, 1.82) is 0 Å². The van der Waals surface area contributed by atoms with Gasteiger partial charge in [0.05, 0.1) is 6.20 Å². The van der Waals surface area contributed by atoms with Gasteiger partial charge in [-0.25, -0.2) is 0 Å². The van der Waals surface area contributed by atoms with Gasteiger partial charge in [-0.1, -0.05) is 25.4 Å². The number of aromatic amines is 1. The molecule has 2 aliphatic rings. The van der Waals surface area contributed by atoms with Gasteiger partial charge in [-0.3, -0.25) is 14.7 Å². The van der Waals surface area contributed by atoms with E-state index in [-0.39, 0.29) is 18.2 Å². The Morgan fingerprint density at radius 3 is 2.88 bits per heavy atom. The molecular weight excluding hydrogens is 328 g/mol. The summed E-state index contributed by atoms with van der Waals surface area (Å²) in [6.07, 6.45) is 1.68. The molecule has 1 spiro atoms. The first kappa shape index (κ1) is 15.2. The molecule has 0 radical (unpaired) electrons. The van der Waals surface area contributed by atoms with Crippen LogP contribution >= 0.6 is 11.6 Å². The van der Waals surface area contributed by atoms with Crippen molar-refractivity contribution < 1.29 is 9.59 Å². The van der Waals surface area contributed by atoms with E-state index in [0.717, 1.165) is 11.3 Å². The highest BCUT2D eigenvalue weighted by atomic mass is 35.5. The van der Waals surface area contributed by atoms with Gasteiger partial charge in [-0.05, 0) is 29.7 Å². The number of hydrogen-bond donors (Lipinski definition) is 2. The van der Waals surface area contributed by atoms with Crippen molar-refractivity contribution in [3.63, 3.8) is 0 Å². The van der Waals surface area contributed by atoms with Crippen LogP contribution < -0.4 is 10.2 Å². The van der Waals surface area contributed by atoms with Crippen LogP contribution in [0.4, 0.5) is 11.5 Å². The van der Waals surface area contributed by atoms with Crippen molar-refractivity contribution in [2.75, 3.05) is 16.8 Å². The van der Waals surface area contributed by atoms with Crippen molar-refractivity contribution >= 4 is 34.9 Å². The number of nitrogens with zero attached hydrogens (tertiary/aromatic N) is 2. The van der Waals surface area contributed by atoms with Gasteiger partial charge in [-0.2, -0.15) is 5.10 Å². The highest BCUT2D eigenvalue weighted by molar-refractivity contribution is 6.31. The Balaban J connectivity index is 1.99. The minimum atomic E-state index is -1.06. The van der Waals surface area contributed by atoms with Crippen LogP contribution in [0.1, 0.15) is 31.4 Å². The summed E-state index contributed by atoms with van der Waals surface area (Å²) in [6, 6.07) is 5.43. The van der Waals surface area contributed by atoms with E-state index >= 15 is 0 Å². The van der Waals surface area contributed by atoms with E-state index in [1.54, 1.807) is 23.2 Å². The minimum absolute atomic E-state index is 0.0559. The summed E-state index contributed by atoms with van der Waals surface area (Å²) in [5.41, 5.74) is 1.24. The van der Waals surface area contributed by atoms with Gasteiger partial charge in [-0.15, -0.1) is 0 Å². The van der Waals surface area contributed by atoms with Gasteiger partial charge in [0.1, 0.15) is 11.2 Å². The largest absolute Gasteiger partial charge is 0.311 e. The summed E-state index contributed by atoms with van der Waals surface area (Å²) in [7, 11) is 0. The average molecular weight is 345 g/mol. The van der Waals surface area contributed by atoms with Gasteiger partial charge < -0.3 is 10.2 Å².